The zero-order chi connectivity index (χ0) is 21.0. The highest BCUT2D eigenvalue weighted by atomic mass is 79.9. The molecule has 8 nitrogen and oxygen atoms in total. The van der Waals surface area contributed by atoms with E-state index in [1.165, 1.54) is 13.3 Å². The van der Waals surface area contributed by atoms with Gasteiger partial charge in [0, 0.05) is 29.4 Å². The van der Waals surface area contributed by atoms with E-state index in [4.69, 9.17) is 0 Å². The third kappa shape index (κ3) is 5.47. The molecule has 29 heavy (non-hydrogen) atoms. The Morgan fingerprint density at radius 1 is 1.17 bits per heavy atom. The van der Waals surface area contributed by atoms with Gasteiger partial charge in [-0.2, -0.15) is 10.6 Å². The first-order valence-corrected chi connectivity index (χ1v) is 11.6. The van der Waals surface area contributed by atoms with Crippen LogP contribution in [0, 0.1) is 0 Å². The van der Waals surface area contributed by atoms with Crippen LogP contribution in [0.4, 0.5) is 10.5 Å². The van der Waals surface area contributed by atoms with Crippen LogP contribution in [-0.2, 0) is 11.3 Å². The summed E-state index contributed by atoms with van der Waals surface area (Å²) in [5.74, 6) is -0.116. The molecule has 2 N–H and O–H groups in total. The third-order valence-electron chi connectivity index (χ3n) is 4.58. The molecule has 1 aromatic heterocycles. The van der Waals surface area contributed by atoms with E-state index in [9.17, 15) is 18.7 Å². The predicted molar refractivity (Wildman–Crippen MR) is 115 cm³/mol. The number of methoxy groups -OCH3 is 1. The van der Waals surface area contributed by atoms with Gasteiger partial charge in [0.1, 0.15) is 0 Å². The zero-order valence-electron chi connectivity index (χ0n) is 15.8. The Morgan fingerprint density at radius 2 is 1.83 bits per heavy atom. The Balaban J connectivity index is 1.82. The number of aromatic nitrogens is 1. The monoisotopic (exact) mass is 483 g/mol. The average Bonchev–Trinajstić information content (AvgIpc) is 2.72. The van der Waals surface area contributed by atoms with Gasteiger partial charge in [0.05, 0.1) is 36.4 Å². The number of esters is 1. The first-order chi connectivity index (χ1) is 13.8. The largest absolute Gasteiger partial charge is 0.465 e. The SMILES string of the molecule is COC(=O)c1ccc(CN(C(=O)N2CCS(O)(O)CC2)c2ccc(Br)cc2)nc1. The molecule has 0 saturated carbocycles. The van der Waals surface area contributed by atoms with Gasteiger partial charge in [-0.1, -0.05) is 15.9 Å². The van der Waals surface area contributed by atoms with Crippen LogP contribution in [-0.4, -0.2) is 62.7 Å². The van der Waals surface area contributed by atoms with Crippen molar-refractivity contribution in [1.29, 1.82) is 0 Å². The molecule has 2 aromatic rings. The van der Waals surface area contributed by atoms with E-state index < -0.39 is 16.6 Å². The van der Waals surface area contributed by atoms with E-state index in [1.54, 1.807) is 21.9 Å². The van der Waals surface area contributed by atoms with Crippen molar-refractivity contribution in [3.8, 4) is 0 Å². The van der Waals surface area contributed by atoms with Crippen molar-refractivity contribution in [2.45, 2.75) is 6.54 Å². The summed E-state index contributed by atoms with van der Waals surface area (Å²) in [7, 11) is -1.29. The quantitative estimate of drug-likeness (QED) is 0.640. The smallest absolute Gasteiger partial charge is 0.339 e. The standard InChI is InChI=1S/C19H22BrN3O5S/c1-28-18(24)14-2-5-16(21-12-14)13-23(17-6-3-15(20)4-7-17)19(25)22-8-10-29(26,27)11-9-22/h2-7,12,26-27H,8-11,13H2,1H3. The number of carbonyl (C=O) groups is 2. The van der Waals surface area contributed by atoms with Crippen LogP contribution < -0.4 is 4.90 Å². The molecule has 1 fully saturated rings. The number of carbonyl (C=O) groups excluding carboxylic acids is 2. The number of ether oxygens (including phenoxy) is 1. The highest BCUT2D eigenvalue weighted by Gasteiger charge is 2.29. The molecule has 0 aliphatic carbocycles. The summed E-state index contributed by atoms with van der Waals surface area (Å²) >= 11 is 3.39. The Bertz CT molecular complexity index is 866. The molecule has 0 atom stereocenters. The molecule has 0 unspecified atom stereocenters. The van der Waals surface area contributed by atoms with Crippen molar-refractivity contribution in [3.63, 3.8) is 0 Å². The maximum absolute atomic E-state index is 13.2. The van der Waals surface area contributed by atoms with Crippen LogP contribution >= 0.6 is 26.5 Å². The summed E-state index contributed by atoms with van der Waals surface area (Å²) < 4.78 is 25.2. The number of amides is 2. The van der Waals surface area contributed by atoms with Gasteiger partial charge >= 0.3 is 12.0 Å². The maximum atomic E-state index is 13.2. The van der Waals surface area contributed by atoms with Crippen LogP contribution in [0.5, 0.6) is 0 Å². The summed E-state index contributed by atoms with van der Waals surface area (Å²) in [5.41, 5.74) is 1.63. The van der Waals surface area contributed by atoms with Gasteiger partial charge in [0.2, 0.25) is 0 Å². The van der Waals surface area contributed by atoms with Gasteiger partial charge in [-0.15, -0.1) is 0 Å². The molecule has 2 amide bonds. The van der Waals surface area contributed by atoms with Crippen LogP contribution in [0.3, 0.4) is 0 Å². The highest BCUT2D eigenvalue weighted by molar-refractivity contribution is 9.10. The Labute approximate surface area is 179 Å². The lowest BCUT2D eigenvalue weighted by Crippen LogP contribution is -2.48. The average molecular weight is 484 g/mol. The predicted octanol–water partition coefficient (Wildman–Crippen LogP) is 3.82. The summed E-state index contributed by atoms with van der Waals surface area (Å²) in [6.07, 6.45) is 1.42. The lowest BCUT2D eigenvalue weighted by molar-refractivity contribution is 0.0600. The Hall–Kier alpha value is -2.14. The number of nitrogens with zero attached hydrogens (tertiary/aromatic N) is 3. The van der Waals surface area contributed by atoms with Crippen molar-refractivity contribution >= 4 is 44.2 Å². The maximum Gasteiger partial charge on any atom is 0.339 e. The topological polar surface area (TPSA) is 103 Å². The van der Waals surface area contributed by atoms with Gasteiger partial charge in [0.25, 0.3) is 0 Å². The fourth-order valence-electron chi connectivity index (χ4n) is 2.90. The number of halogens is 1. The normalized spacial score (nSPS) is 16.8. The first-order valence-electron chi connectivity index (χ1n) is 8.88. The Kier molecular flexibility index (Phi) is 6.78. The molecule has 1 aromatic carbocycles. The fraction of sp³-hybridized carbons (Fsp3) is 0.316. The second kappa shape index (κ2) is 9.12. The van der Waals surface area contributed by atoms with Crippen LogP contribution in [0.1, 0.15) is 16.1 Å². The van der Waals surface area contributed by atoms with E-state index >= 15 is 0 Å². The zero-order valence-corrected chi connectivity index (χ0v) is 18.2. The number of urea groups is 1. The molecule has 10 heteroatoms. The van der Waals surface area contributed by atoms with Gasteiger partial charge in [0.15, 0.2) is 0 Å². The third-order valence-corrected chi connectivity index (χ3v) is 6.78. The molecule has 0 radical (unpaired) electrons. The fourth-order valence-corrected chi connectivity index (χ4v) is 4.39. The van der Waals surface area contributed by atoms with Crippen molar-refractivity contribution in [2.75, 3.05) is 36.6 Å². The number of rotatable bonds is 4. The number of anilines is 1. The molecular formula is C19H22BrN3O5S. The molecule has 2 heterocycles. The molecule has 156 valence electrons. The summed E-state index contributed by atoms with van der Waals surface area (Å²) in [4.78, 5) is 32.3. The summed E-state index contributed by atoms with van der Waals surface area (Å²) in [6.45, 7) is 0.764. The van der Waals surface area contributed by atoms with Crippen LogP contribution in [0.25, 0.3) is 0 Å². The van der Waals surface area contributed by atoms with Gasteiger partial charge in [-0.25, -0.2) is 9.59 Å². The molecular weight excluding hydrogens is 462 g/mol. The summed E-state index contributed by atoms with van der Waals surface area (Å²) in [6, 6.07) is 10.4. The lowest BCUT2D eigenvalue weighted by atomic mass is 10.2. The minimum absolute atomic E-state index is 0.180. The number of hydrogen-bond donors (Lipinski definition) is 2. The Morgan fingerprint density at radius 3 is 2.38 bits per heavy atom. The molecule has 0 bridgehead atoms. The number of benzene rings is 1. The summed E-state index contributed by atoms with van der Waals surface area (Å²) in [5, 5.41) is 0. The number of hydrogen-bond acceptors (Lipinski definition) is 6. The molecule has 3 rings (SSSR count). The second-order valence-electron chi connectivity index (χ2n) is 6.57. The highest BCUT2D eigenvalue weighted by Crippen LogP contribution is 2.40. The second-order valence-corrected chi connectivity index (χ2v) is 9.91. The minimum atomic E-state index is -2.59. The van der Waals surface area contributed by atoms with Gasteiger partial charge in [-0.3, -0.25) is 19.0 Å². The van der Waals surface area contributed by atoms with Crippen molar-refractivity contribution in [2.24, 2.45) is 0 Å². The molecule has 1 aliphatic rings. The van der Waals surface area contributed by atoms with E-state index in [1.807, 2.05) is 24.3 Å². The van der Waals surface area contributed by atoms with Crippen molar-refractivity contribution in [1.82, 2.24) is 9.88 Å². The van der Waals surface area contributed by atoms with Gasteiger partial charge < -0.3 is 9.64 Å². The van der Waals surface area contributed by atoms with Crippen LogP contribution in [0.15, 0.2) is 47.1 Å². The molecule has 1 aliphatic heterocycles. The lowest BCUT2D eigenvalue weighted by Gasteiger charge is -2.42. The van der Waals surface area contributed by atoms with E-state index in [0.29, 0.717) is 16.9 Å². The molecule has 0 spiro atoms. The van der Waals surface area contributed by atoms with Gasteiger partial charge in [-0.05, 0) is 36.4 Å². The van der Waals surface area contributed by atoms with E-state index in [0.717, 1.165) is 4.47 Å². The van der Waals surface area contributed by atoms with E-state index in [-0.39, 0.29) is 37.2 Å². The van der Waals surface area contributed by atoms with Crippen molar-refractivity contribution < 1.29 is 23.4 Å². The van der Waals surface area contributed by atoms with Crippen LogP contribution in [0.2, 0.25) is 0 Å². The number of pyridine rings is 1. The van der Waals surface area contributed by atoms with Crippen molar-refractivity contribution in [3.05, 3.63) is 58.3 Å². The van der Waals surface area contributed by atoms with E-state index in [2.05, 4.69) is 25.7 Å². The molecule has 1 saturated heterocycles. The minimum Gasteiger partial charge on any atom is -0.465 e. The first kappa shape index (κ1) is 21.6.